The molecule has 0 spiro atoms. The average Bonchev–Trinajstić information content (AvgIpc) is 3.20. The first-order chi connectivity index (χ1) is 13.9. The summed E-state index contributed by atoms with van der Waals surface area (Å²) in [5, 5.41) is 13.6. The number of carbonyl (C=O) groups is 2. The molecule has 1 amide bonds. The number of rotatable bonds is 8. The zero-order valence-electron chi connectivity index (χ0n) is 15.9. The third-order valence-electron chi connectivity index (χ3n) is 3.73. The number of nitrogens with one attached hydrogen (secondary N) is 1. The Morgan fingerprint density at radius 2 is 1.93 bits per heavy atom. The average molecular weight is 412 g/mol. The van der Waals surface area contributed by atoms with Crippen LogP contribution < -0.4 is 14.8 Å². The molecule has 2 aromatic heterocycles. The monoisotopic (exact) mass is 412 g/mol. The minimum atomic E-state index is -1.08. The summed E-state index contributed by atoms with van der Waals surface area (Å²) in [7, 11) is 0. The third kappa shape index (κ3) is 5.79. The van der Waals surface area contributed by atoms with Gasteiger partial charge in [-0.05, 0) is 49.6 Å². The van der Waals surface area contributed by atoms with Gasteiger partial charge < -0.3 is 19.9 Å². The number of carboxylic acid groups (broad SMARTS) is 1. The summed E-state index contributed by atoms with van der Waals surface area (Å²) in [4.78, 5) is 28.6. The number of benzene rings is 1. The highest BCUT2D eigenvalue weighted by Gasteiger charge is 2.13. The van der Waals surface area contributed by atoms with Gasteiger partial charge in [0.25, 0.3) is 5.91 Å². The van der Waals surface area contributed by atoms with Crippen LogP contribution in [0.5, 0.6) is 11.5 Å². The second-order valence-electron chi connectivity index (χ2n) is 6.42. The van der Waals surface area contributed by atoms with E-state index in [0.29, 0.717) is 23.7 Å². The van der Waals surface area contributed by atoms with Crippen molar-refractivity contribution in [3.63, 3.8) is 0 Å². The van der Waals surface area contributed by atoms with Crippen LogP contribution in [-0.4, -0.2) is 28.1 Å². The molecule has 2 heterocycles. The van der Waals surface area contributed by atoms with Crippen LogP contribution in [-0.2, 0) is 6.61 Å². The molecule has 0 aliphatic rings. The molecule has 150 valence electrons. The number of carbonyl (C=O) groups excluding carboxylic acids is 1. The van der Waals surface area contributed by atoms with E-state index >= 15 is 0 Å². The molecular weight excluding hydrogens is 392 g/mol. The molecule has 0 fully saturated rings. The normalized spacial score (nSPS) is 10.6. The smallest absolute Gasteiger partial charge is 0.337 e. The van der Waals surface area contributed by atoms with Gasteiger partial charge in [0.2, 0.25) is 0 Å². The van der Waals surface area contributed by atoms with E-state index in [-0.39, 0.29) is 17.5 Å². The second kappa shape index (κ2) is 9.20. The first-order valence-electron chi connectivity index (χ1n) is 8.88. The maximum Gasteiger partial charge on any atom is 0.337 e. The summed E-state index contributed by atoms with van der Waals surface area (Å²) in [6, 6.07) is 11.7. The second-order valence-corrected chi connectivity index (χ2v) is 7.45. The predicted molar refractivity (Wildman–Crippen MR) is 110 cm³/mol. The first kappa shape index (κ1) is 20.3. The van der Waals surface area contributed by atoms with Crippen molar-refractivity contribution < 1.29 is 24.2 Å². The number of amides is 1. The number of aromatic carboxylic acids is 1. The lowest BCUT2D eigenvalue weighted by Gasteiger charge is -2.14. The molecule has 0 saturated carbocycles. The van der Waals surface area contributed by atoms with Crippen LogP contribution in [0.1, 0.15) is 39.4 Å². The molecule has 3 rings (SSSR count). The van der Waals surface area contributed by atoms with E-state index in [1.54, 1.807) is 29.5 Å². The van der Waals surface area contributed by atoms with E-state index < -0.39 is 11.9 Å². The molecule has 0 aliphatic carbocycles. The maximum atomic E-state index is 12.7. The van der Waals surface area contributed by atoms with Crippen molar-refractivity contribution >= 4 is 29.0 Å². The molecule has 29 heavy (non-hydrogen) atoms. The molecular formula is C21H20N2O5S. The van der Waals surface area contributed by atoms with Gasteiger partial charge in [0.1, 0.15) is 23.9 Å². The molecule has 0 saturated heterocycles. The fraction of sp³-hybridized carbons (Fsp3) is 0.190. The largest absolute Gasteiger partial charge is 0.491 e. The molecule has 0 unspecified atom stereocenters. The number of aromatic nitrogens is 1. The molecule has 7 nitrogen and oxygen atoms in total. The lowest BCUT2D eigenvalue weighted by molar-refractivity contribution is 0.0696. The van der Waals surface area contributed by atoms with Crippen molar-refractivity contribution in [1.82, 2.24) is 4.98 Å². The van der Waals surface area contributed by atoms with Gasteiger partial charge in [-0.3, -0.25) is 4.79 Å². The molecule has 0 atom stereocenters. The van der Waals surface area contributed by atoms with E-state index in [1.807, 2.05) is 31.4 Å². The maximum absolute atomic E-state index is 12.7. The fourth-order valence-electron chi connectivity index (χ4n) is 2.46. The SMILES string of the molecule is CC(C)Oc1cc(OCc2cccs2)cc(C(=O)Nc2ccc(C(=O)O)cn2)c1. The van der Waals surface area contributed by atoms with Crippen molar-refractivity contribution in [3.05, 3.63) is 70.0 Å². The summed E-state index contributed by atoms with van der Waals surface area (Å²) in [5.41, 5.74) is 0.382. The van der Waals surface area contributed by atoms with Crippen LogP contribution in [0.4, 0.5) is 5.82 Å². The van der Waals surface area contributed by atoms with Crippen LogP contribution in [0.3, 0.4) is 0 Å². The fourth-order valence-corrected chi connectivity index (χ4v) is 3.07. The third-order valence-corrected chi connectivity index (χ3v) is 4.58. The zero-order chi connectivity index (χ0) is 20.8. The number of nitrogens with zero attached hydrogens (tertiary/aromatic N) is 1. The van der Waals surface area contributed by atoms with Gasteiger partial charge in [0.15, 0.2) is 0 Å². The van der Waals surface area contributed by atoms with Gasteiger partial charge >= 0.3 is 5.97 Å². The minimum Gasteiger partial charge on any atom is -0.491 e. The molecule has 8 heteroatoms. The Hall–Kier alpha value is -3.39. The summed E-state index contributed by atoms with van der Waals surface area (Å²) >= 11 is 1.59. The van der Waals surface area contributed by atoms with Gasteiger partial charge in [-0.25, -0.2) is 9.78 Å². The number of pyridine rings is 1. The van der Waals surface area contributed by atoms with E-state index in [9.17, 15) is 9.59 Å². The van der Waals surface area contributed by atoms with Crippen LogP contribution in [0, 0.1) is 0 Å². The zero-order valence-corrected chi connectivity index (χ0v) is 16.7. The van der Waals surface area contributed by atoms with Crippen LogP contribution in [0.2, 0.25) is 0 Å². The predicted octanol–water partition coefficient (Wildman–Crippen LogP) is 4.46. The Bertz CT molecular complexity index is 985. The Morgan fingerprint density at radius 3 is 2.55 bits per heavy atom. The summed E-state index contributed by atoms with van der Waals surface area (Å²) < 4.78 is 11.6. The Morgan fingerprint density at radius 1 is 1.14 bits per heavy atom. The molecule has 2 N–H and O–H groups in total. The summed E-state index contributed by atoms with van der Waals surface area (Å²) in [5.74, 6) is -0.215. The Labute approximate surface area is 171 Å². The van der Waals surface area contributed by atoms with Crippen molar-refractivity contribution in [2.75, 3.05) is 5.32 Å². The van der Waals surface area contributed by atoms with Crippen LogP contribution >= 0.6 is 11.3 Å². The topological polar surface area (TPSA) is 97.8 Å². The number of hydrogen-bond donors (Lipinski definition) is 2. The Kier molecular flexibility index (Phi) is 6.46. The number of hydrogen-bond acceptors (Lipinski definition) is 6. The highest BCUT2D eigenvalue weighted by molar-refractivity contribution is 7.09. The van der Waals surface area contributed by atoms with E-state index in [0.717, 1.165) is 4.88 Å². The first-order valence-corrected chi connectivity index (χ1v) is 9.76. The molecule has 3 aromatic rings. The van der Waals surface area contributed by atoms with Gasteiger partial charge in [-0.1, -0.05) is 6.07 Å². The Balaban J connectivity index is 1.78. The van der Waals surface area contributed by atoms with Gasteiger partial charge in [-0.15, -0.1) is 11.3 Å². The number of thiophene rings is 1. The number of ether oxygens (including phenoxy) is 2. The lowest BCUT2D eigenvalue weighted by Crippen LogP contribution is -2.14. The standard InChI is InChI=1S/C21H20N2O5S/c1-13(2)28-17-9-15(8-16(10-17)27-12-18-4-3-7-29-18)20(24)23-19-6-5-14(11-22-19)21(25)26/h3-11,13H,12H2,1-2H3,(H,25,26)(H,22,23,24). The summed E-state index contributed by atoms with van der Waals surface area (Å²) in [6.07, 6.45) is 1.12. The molecule has 0 bridgehead atoms. The highest BCUT2D eigenvalue weighted by Crippen LogP contribution is 2.26. The molecule has 0 radical (unpaired) electrons. The van der Waals surface area contributed by atoms with Gasteiger partial charge in [0, 0.05) is 22.7 Å². The van der Waals surface area contributed by atoms with E-state index in [2.05, 4.69) is 10.3 Å². The van der Waals surface area contributed by atoms with Crippen LogP contribution in [0.15, 0.2) is 54.0 Å². The molecule has 1 aromatic carbocycles. The van der Waals surface area contributed by atoms with E-state index in [1.165, 1.54) is 18.3 Å². The lowest BCUT2D eigenvalue weighted by atomic mass is 10.2. The van der Waals surface area contributed by atoms with Crippen molar-refractivity contribution in [1.29, 1.82) is 0 Å². The van der Waals surface area contributed by atoms with Crippen LogP contribution in [0.25, 0.3) is 0 Å². The minimum absolute atomic E-state index is 0.0413. The number of anilines is 1. The van der Waals surface area contributed by atoms with Crippen molar-refractivity contribution in [2.45, 2.75) is 26.6 Å². The van der Waals surface area contributed by atoms with Gasteiger partial charge in [-0.2, -0.15) is 0 Å². The van der Waals surface area contributed by atoms with Crippen molar-refractivity contribution in [2.24, 2.45) is 0 Å². The highest BCUT2D eigenvalue weighted by atomic mass is 32.1. The van der Waals surface area contributed by atoms with Crippen molar-refractivity contribution in [3.8, 4) is 11.5 Å². The summed E-state index contributed by atoms with van der Waals surface area (Å²) in [6.45, 7) is 4.18. The van der Waals surface area contributed by atoms with E-state index in [4.69, 9.17) is 14.6 Å². The quantitative estimate of drug-likeness (QED) is 0.567. The number of carboxylic acids is 1. The molecule has 0 aliphatic heterocycles. The van der Waals surface area contributed by atoms with Gasteiger partial charge in [0.05, 0.1) is 11.7 Å².